The smallest absolute Gasteiger partial charge is 0.309 e. The van der Waals surface area contributed by atoms with Crippen LogP contribution in [-0.4, -0.2) is 43.7 Å². The lowest BCUT2D eigenvalue weighted by molar-refractivity contribution is -0.150. The van der Waals surface area contributed by atoms with Crippen LogP contribution < -0.4 is 4.90 Å². The van der Waals surface area contributed by atoms with Crippen molar-refractivity contribution in [1.29, 1.82) is 0 Å². The standard InChI is InChI=1S/C14H19N5O2/c1-2-3-14(13(20)21)4-7-18(8-5-14)11-12-17-16-10-19(12)9-6-15-11/h6,9-10H,2-5,7-8H2,1H3,(H,20,21). The van der Waals surface area contributed by atoms with Crippen LogP contribution in [0, 0.1) is 5.41 Å². The zero-order valence-corrected chi connectivity index (χ0v) is 12.1. The molecule has 2 aromatic heterocycles. The van der Waals surface area contributed by atoms with Crippen LogP contribution in [0.25, 0.3) is 5.65 Å². The summed E-state index contributed by atoms with van der Waals surface area (Å²) in [6.45, 7) is 3.41. The highest BCUT2D eigenvalue weighted by molar-refractivity contribution is 5.75. The van der Waals surface area contributed by atoms with E-state index in [-0.39, 0.29) is 0 Å². The number of hydrogen-bond acceptors (Lipinski definition) is 5. The predicted molar refractivity (Wildman–Crippen MR) is 77.2 cm³/mol. The molecule has 21 heavy (non-hydrogen) atoms. The van der Waals surface area contributed by atoms with Crippen LogP contribution in [0.2, 0.25) is 0 Å². The molecule has 7 nitrogen and oxygen atoms in total. The largest absolute Gasteiger partial charge is 0.481 e. The summed E-state index contributed by atoms with van der Waals surface area (Å²) in [5.41, 5.74) is 0.139. The van der Waals surface area contributed by atoms with E-state index >= 15 is 0 Å². The van der Waals surface area contributed by atoms with Crippen molar-refractivity contribution in [2.24, 2.45) is 5.41 Å². The van der Waals surface area contributed by atoms with Gasteiger partial charge in [0, 0.05) is 25.5 Å². The van der Waals surface area contributed by atoms with Crippen molar-refractivity contribution in [3.8, 4) is 0 Å². The molecule has 0 saturated carbocycles. The summed E-state index contributed by atoms with van der Waals surface area (Å²) in [5.74, 6) is 0.114. The summed E-state index contributed by atoms with van der Waals surface area (Å²) in [5, 5.41) is 17.5. The number of carbonyl (C=O) groups is 1. The molecule has 1 fully saturated rings. The molecule has 1 saturated heterocycles. The molecule has 7 heteroatoms. The Labute approximate surface area is 122 Å². The molecule has 1 aliphatic rings. The van der Waals surface area contributed by atoms with E-state index in [0.29, 0.717) is 25.9 Å². The van der Waals surface area contributed by atoms with Crippen LogP contribution >= 0.6 is 0 Å². The van der Waals surface area contributed by atoms with Gasteiger partial charge in [0.15, 0.2) is 5.82 Å². The lowest BCUT2D eigenvalue weighted by Gasteiger charge is -2.39. The highest BCUT2D eigenvalue weighted by Crippen LogP contribution is 2.37. The van der Waals surface area contributed by atoms with Crippen LogP contribution in [0.5, 0.6) is 0 Å². The van der Waals surface area contributed by atoms with Gasteiger partial charge >= 0.3 is 5.97 Å². The van der Waals surface area contributed by atoms with Crippen molar-refractivity contribution in [1.82, 2.24) is 19.6 Å². The molecule has 0 bridgehead atoms. The van der Waals surface area contributed by atoms with Gasteiger partial charge in [0.1, 0.15) is 6.33 Å². The lowest BCUT2D eigenvalue weighted by Crippen LogP contribution is -2.44. The van der Waals surface area contributed by atoms with Crippen LogP contribution in [0.15, 0.2) is 18.7 Å². The number of carboxylic acid groups (broad SMARTS) is 1. The van der Waals surface area contributed by atoms with E-state index in [0.717, 1.165) is 24.3 Å². The number of aliphatic carboxylic acids is 1. The molecule has 2 aromatic rings. The van der Waals surface area contributed by atoms with Gasteiger partial charge in [0.25, 0.3) is 0 Å². The minimum atomic E-state index is -0.669. The maximum absolute atomic E-state index is 11.6. The third kappa shape index (κ3) is 2.32. The maximum atomic E-state index is 11.6. The summed E-state index contributed by atoms with van der Waals surface area (Å²) >= 11 is 0. The first-order valence-corrected chi connectivity index (χ1v) is 7.29. The van der Waals surface area contributed by atoms with Gasteiger partial charge < -0.3 is 10.0 Å². The zero-order chi connectivity index (χ0) is 14.9. The molecule has 3 rings (SSSR count). The van der Waals surface area contributed by atoms with Crippen molar-refractivity contribution in [3.05, 3.63) is 18.7 Å². The highest BCUT2D eigenvalue weighted by atomic mass is 16.4. The van der Waals surface area contributed by atoms with Crippen LogP contribution in [0.3, 0.4) is 0 Å². The number of piperidine rings is 1. The molecule has 0 unspecified atom stereocenters. The first-order valence-electron chi connectivity index (χ1n) is 7.29. The second-order valence-electron chi connectivity index (χ2n) is 5.64. The summed E-state index contributed by atoms with van der Waals surface area (Å²) in [6, 6.07) is 0. The fraction of sp³-hybridized carbons (Fsp3) is 0.571. The van der Waals surface area contributed by atoms with E-state index in [4.69, 9.17) is 0 Å². The normalized spacial score (nSPS) is 18.0. The van der Waals surface area contributed by atoms with E-state index in [1.54, 1.807) is 18.7 Å². The van der Waals surface area contributed by atoms with E-state index in [9.17, 15) is 9.90 Å². The molecule has 112 valence electrons. The van der Waals surface area contributed by atoms with E-state index in [2.05, 4.69) is 20.1 Å². The molecule has 0 amide bonds. The molecule has 1 aliphatic heterocycles. The average molecular weight is 289 g/mol. The maximum Gasteiger partial charge on any atom is 0.309 e. The summed E-state index contributed by atoms with van der Waals surface area (Å²) in [7, 11) is 0. The van der Waals surface area contributed by atoms with Gasteiger partial charge in [0.05, 0.1) is 5.41 Å². The number of anilines is 1. The molecular formula is C14H19N5O2. The SMILES string of the molecule is CCCC1(C(=O)O)CCN(c2nccn3cnnc23)CC1. The quantitative estimate of drug-likeness (QED) is 0.920. The van der Waals surface area contributed by atoms with Gasteiger partial charge in [-0.15, -0.1) is 10.2 Å². The van der Waals surface area contributed by atoms with Gasteiger partial charge in [-0.3, -0.25) is 9.20 Å². The minimum Gasteiger partial charge on any atom is -0.481 e. The first-order chi connectivity index (χ1) is 10.2. The molecule has 1 N–H and O–H groups in total. The molecule has 0 radical (unpaired) electrons. The number of rotatable bonds is 4. The Balaban J connectivity index is 1.82. The minimum absolute atomic E-state index is 0.579. The Hall–Kier alpha value is -2.18. The van der Waals surface area contributed by atoms with Gasteiger partial charge in [-0.1, -0.05) is 13.3 Å². The van der Waals surface area contributed by atoms with E-state index < -0.39 is 11.4 Å². The lowest BCUT2D eigenvalue weighted by atomic mass is 9.75. The number of hydrogen-bond donors (Lipinski definition) is 1. The van der Waals surface area contributed by atoms with Crippen molar-refractivity contribution >= 4 is 17.4 Å². The third-order valence-corrected chi connectivity index (χ3v) is 4.40. The Morgan fingerprint density at radius 2 is 2.19 bits per heavy atom. The number of nitrogens with zero attached hydrogens (tertiary/aromatic N) is 5. The Morgan fingerprint density at radius 1 is 1.43 bits per heavy atom. The second kappa shape index (κ2) is 5.31. The average Bonchev–Trinajstić information content (AvgIpc) is 2.96. The van der Waals surface area contributed by atoms with Crippen molar-refractivity contribution < 1.29 is 9.90 Å². The summed E-state index contributed by atoms with van der Waals surface area (Å²) in [6.07, 6.45) is 8.09. The molecular weight excluding hydrogens is 270 g/mol. The predicted octanol–water partition coefficient (Wildman–Crippen LogP) is 1.60. The van der Waals surface area contributed by atoms with Crippen molar-refractivity contribution in [2.45, 2.75) is 32.6 Å². The highest BCUT2D eigenvalue weighted by Gasteiger charge is 2.41. The van der Waals surface area contributed by atoms with Crippen LogP contribution in [0.1, 0.15) is 32.6 Å². The number of aromatic nitrogens is 4. The van der Waals surface area contributed by atoms with E-state index in [1.807, 2.05) is 11.3 Å². The Kier molecular flexibility index (Phi) is 3.48. The molecule has 3 heterocycles. The van der Waals surface area contributed by atoms with Crippen LogP contribution in [-0.2, 0) is 4.79 Å². The monoisotopic (exact) mass is 289 g/mol. The first kappa shape index (κ1) is 13.8. The second-order valence-corrected chi connectivity index (χ2v) is 5.64. The molecule has 0 aliphatic carbocycles. The molecule has 0 spiro atoms. The fourth-order valence-electron chi connectivity index (χ4n) is 3.16. The summed E-state index contributed by atoms with van der Waals surface area (Å²) in [4.78, 5) is 18.1. The topological polar surface area (TPSA) is 83.6 Å². The Bertz CT molecular complexity index is 646. The number of carboxylic acids is 1. The fourth-order valence-corrected chi connectivity index (χ4v) is 3.16. The van der Waals surface area contributed by atoms with Crippen molar-refractivity contribution in [3.63, 3.8) is 0 Å². The van der Waals surface area contributed by atoms with Crippen molar-refractivity contribution in [2.75, 3.05) is 18.0 Å². The van der Waals surface area contributed by atoms with Gasteiger partial charge in [-0.05, 0) is 19.3 Å². The Morgan fingerprint density at radius 3 is 2.86 bits per heavy atom. The van der Waals surface area contributed by atoms with Gasteiger partial charge in [0.2, 0.25) is 5.65 Å². The molecule has 0 atom stereocenters. The van der Waals surface area contributed by atoms with Gasteiger partial charge in [-0.2, -0.15) is 0 Å². The van der Waals surface area contributed by atoms with Crippen LogP contribution in [0.4, 0.5) is 5.82 Å². The molecule has 0 aromatic carbocycles. The number of fused-ring (bicyclic) bond motifs is 1. The van der Waals surface area contributed by atoms with E-state index in [1.165, 1.54) is 0 Å². The third-order valence-electron chi connectivity index (χ3n) is 4.40. The van der Waals surface area contributed by atoms with Gasteiger partial charge in [-0.25, -0.2) is 4.98 Å². The summed E-state index contributed by atoms with van der Waals surface area (Å²) < 4.78 is 1.83. The zero-order valence-electron chi connectivity index (χ0n) is 12.1.